The number of ether oxygens (including phenoxy) is 2. The van der Waals surface area contributed by atoms with Gasteiger partial charge in [-0.25, -0.2) is 0 Å². The lowest BCUT2D eigenvalue weighted by Crippen LogP contribution is -2.42. The Bertz CT molecular complexity index is 633. The molecule has 0 unspecified atom stereocenters. The van der Waals surface area contributed by atoms with Crippen molar-refractivity contribution in [2.24, 2.45) is 11.3 Å². The summed E-state index contributed by atoms with van der Waals surface area (Å²) >= 11 is 0. The number of esters is 2. The predicted octanol–water partition coefficient (Wildman–Crippen LogP) is 2.33. The highest BCUT2D eigenvalue weighted by atomic mass is 16.5. The maximum atomic E-state index is 12.3. The number of aromatic nitrogens is 1. The van der Waals surface area contributed by atoms with Crippen LogP contribution in [0.15, 0.2) is 0 Å². The van der Waals surface area contributed by atoms with Crippen LogP contribution < -0.4 is 0 Å². The second-order valence-corrected chi connectivity index (χ2v) is 6.74. The number of nitrogens with zero attached hydrogens (tertiary/aromatic N) is 1. The van der Waals surface area contributed by atoms with Gasteiger partial charge in [-0.15, -0.1) is 0 Å². The van der Waals surface area contributed by atoms with E-state index in [1.54, 1.807) is 0 Å². The summed E-state index contributed by atoms with van der Waals surface area (Å²) in [5.41, 5.74) is 3.75. The van der Waals surface area contributed by atoms with Gasteiger partial charge in [-0.05, 0) is 42.9 Å². The van der Waals surface area contributed by atoms with Gasteiger partial charge in [-0.3, -0.25) is 14.6 Å². The third kappa shape index (κ3) is 2.84. The lowest BCUT2D eigenvalue weighted by Gasteiger charge is -2.22. The summed E-state index contributed by atoms with van der Waals surface area (Å²) in [6, 6.07) is 0. The van der Waals surface area contributed by atoms with Crippen LogP contribution in [0.25, 0.3) is 0 Å². The first-order chi connectivity index (χ1) is 10.8. The van der Waals surface area contributed by atoms with Gasteiger partial charge in [0.05, 0.1) is 14.2 Å². The van der Waals surface area contributed by atoms with Crippen LogP contribution in [0.1, 0.15) is 41.9 Å². The van der Waals surface area contributed by atoms with Crippen LogP contribution in [-0.4, -0.2) is 31.1 Å². The number of pyridine rings is 1. The molecule has 0 radical (unpaired) electrons. The normalized spacial score (nSPS) is 15.4. The molecule has 0 N–H and O–H groups in total. The first-order valence-electron chi connectivity index (χ1n) is 7.91. The molecule has 126 valence electrons. The minimum atomic E-state index is -1.28. The van der Waals surface area contributed by atoms with Crippen LogP contribution >= 0.6 is 0 Å². The molecule has 0 fully saturated rings. The smallest absolute Gasteiger partial charge is 0.323 e. The van der Waals surface area contributed by atoms with Gasteiger partial charge in [0.2, 0.25) is 0 Å². The first-order valence-corrected chi connectivity index (χ1v) is 7.91. The van der Waals surface area contributed by atoms with Gasteiger partial charge in [0, 0.05) is 24.2 Å². The molecule has 1 aliphatic rings. The molecule has 1 aromatic rings. The monoisotopic (exact) mass is 319 g/mol. The largest absolute Gasteiger partial charge is 0.468 e. The molecule has 1 aliphatic carbocycles. The van der Waals surface area contributed by atoms with E-state index in [9.17, 15) is 9.59 Å². The van der Waals surface area contributed by atoms with Crippen molar-refractivity contribution < 1.29 is 19.1 Å². The molecule has 5 nitrogen and oxygen atoms in total. The fourth-order valence-corrected chi connectivity index (χ4v) is 3.46. The number of methoxy groups -OCH3 is 2. The van der Waals surface area contributed by atoms with E-state index in [4.69, 9.17) is 14.5 Å². The Morgan fingerprint density at radius 2 is 1.61 bits per heavy atom. The Labute approximate surface area is 137 Å². The van der Waals surface area contributed by atoms with Gasteiger partial charge >= 0.3 is 11.9 Å². The van der Waals surface area contributed by atoms with Crippen LogP contribution in [0.3, 0.4) is 0 Å². The molecule has 5 heteroatoms. The molecule has 1 aromatic heterocycles. The number of carbonyl (C=O) groups excluding carboxylic acids is 2. The van der Waals surface area contributed by atoms with Crippen molar-refractivity contribution >= 4 is 11.9 Å². The molecular weight excluding hydrogens is 294 g/mol. The molecule has 0 spiro atoms. The molecule has 0 aromatic carbocycles. The van der Waals surface area contributed by atoms with Gasteiger partial charge in [0.1, 0.15) is 0 Å². The third-order valence-corrected chi connectivity index (χ3v) is 4.70. The Morgan fingerprint density at radius 1 is 1.09 bits per heavy atom. The SMILES string of the molecule is COC(=O)C1(C(=O)OC)Cc2c(C)nc(CC(C)C)c(C)c2C1. The van der Waals surface area contributed by atoms with E-state index in [-0.39, 0.29) is 0 Å². The number of rotatable bonds is 4. The second-order valence-electron chi connectivity index (χ2n) is 6.74. The van der Waals surface area contributed by atoms with Crippen LogP contribution in [0.4, 0.5) is 0 Å². The van der Waals surface area contributed by atoms with Crippen molar-refractivity contribution in [3.05, 3.63) is 28.1 Å². The second kappa shape index (κ2) is 6.30. The Morgan fingerprint density at radius 3 is 2.09 bits per heavy atom. The van der Waals surface area contributed by atoms with E-state index >= 15 is 0 Å². The molecule has 1 heterocycles. The number of aryl methyl sites for hydroxylation is 1. The summed E-state index contributed by atoms with van der Waals surface area (Å²) in [4.78, 5) is 29.4. The van der Waals surface area contributed by atoms with Crippen molar-refractivity contribution in [3.8, 4) is 0 Å². The van der Waals surface area contributed by atoms with Crippen molar-refractivity contribution in [1.29, 1.82) is 0 Å². The number of fused-ring (bicyclic) bond motifs is 1. The summed E-state index contributed by atoms with van der Waals surface area (Å²) in [5, 5.41) is 0. The van der Waals surface area contributed by atoms with Crippen molar-refractivity contribution in [2.45, 2.75) is 47.0 Å². The van der Waals surface area contributed by atoms with Crippen LogP contribution in [-0.2, 0) is 38.3 Å². The zero-order valence-electron chi connectivity index (χ0n) is 14.8. The minimum Gasteiger partial charge on any atom is -0.468 e. The van der Waals surface area contributed by atoms with Crippen LogP contribution in [0, 0.1) is 25.2 Å². The molecule has 0 saturated heterocycles. The summed E-state index contributed by atoms with van der Waals surface area (Å²) in [6.07, 6.45) is 1.49. The van der Waals surface area contributed by atoms with Crippen molar-refractivity contribution in [1.82, 2.24) is 4.98 Å². The van der Waals surface area contributed by atoms with Crippen LogP contribution in [0.5, 0.6) is 0 Å². The first kappa shape index (κ1) is 17.4. The molecule has 23 heavy (non-hydrogen) atoms. The topological polar surface area (TPSA) is 65.5 Å². The summed E-state index contributed by atoms with van der Waals surface area (Å²) in [7, 11) is 2.61. The van der Waals surface area contributed by atoms with Gasteiger partial charge in [-0.2, -0.15) is 0 Å². The number of hydrogen-bond donors (Lipinski definition) is 0. The summed E-state index contributed by atoms with van der Waals surface area (Å²) in [6.45, 7) is 8.26. The highest BCUT2D eigenvalue weighted by molar-refractivity contribution is 6.01. The van der Waals surface area contributed by atoms with Gasteiger partial charge in [-0.1, -0.05) is 13.8 Å². The molecule has 0 amide bonds. The Kier molecular flexibility index (Phi) is 4.78. The fraction of sp³-hybridized carbons (Fsp3) is 0.611. The number of hydrogen-bond acceptors (Lipinski definition) is 5. The molecular formula is C18H25NO4. The lowest BCUT2D eigenvalue weighted by atomic mass is 9.84. The average molecular weight is 319 g/mol. The third-order valence-electron chi connectivity index (χ3n) is 4.70. The quantitative estimate of drug-likeness (QED) is 0.629. The molecule has 0 saturated carbocycles. The molecule has 2 rings (SSSR count). The number of carbonyl (C=O) groups is 2. The maximum absolute atomic E-state index is 12.3. The Balaban J connectivity index is 2.54. The maximum Gasteiger partial charge on any atom is 0.323 e. The highest BCUT2D eigenvalue weighted by Gasteiger charge is 2.53. The zero-order valence-corrected chi connectivity index (χ0v) is 14.8. The minimum absolute atomic E-state index is 0.295. The summed E-state index contributed by atoms with van der Waals surface area (Å²) in [5.74, 6) is -0.583. The fourth-order valence-electron chi connectivity index (χ4n) is 3.46. The summed E-state index contributed by atoms with van der Waals surface area (Å²) < 4.78 is 9.81. The van der Waals surface area contributed by atoms with E-state index in [0.717, 1.165) is 34.5 Å². The molecule has 0 atom stereocenters. The standard InChI is InChI=1S/C18H25NO4/c1-10(2)7-15-11(3)13-8-18(16(20)22-5,17(21)23-6)9-14(13)12(4)19-15/h10H,7-9H2,1-6H3. The molecule has 0 aliphatic heterocycles. The van der Waals surface area contributed by atoms with E-state index in [1.807, 2.05) is 13.8 Å². The van der Waals surface area contributed by atoms with Crippen LogP contribution in [0.2, 0.25) is 0 Å². The average Bonchev–Trinajstić information content (AvgIpc) is 2.93. The highest BCUT2D eigenvalue weighted by Crippen LogP contribution is 2.42. The van der Waals surface area contributed by atoms with Gasteiger partial charge < -0.3 is 9.47 Å². The Hall–Kier alpha value is -1.91. The van der Waals surface area contributed by atoms with Crippen molar-refractivity contribution in [3.63, 3.8) is 0 Å². The van der Waals surface area contributed by atoms with E-state index in [2.05, 4.69) is 13.8 Å². The predicted molar refractivity (Wildman–Crippen MR) is 86.1 cm³/mol. The van der Waals surface area contributed by atoms with Crippen molar-refractivity contribution in [2.75, 3.05) is 14.2 Å². The van der Waals surface area contributed by atoms with E-state index in [0.29, 0.717) is 18.8 Å². The lowest BCUT2D eigenvalue weighted by molar-refractivity contribution is -0.168. The van der Waals surface area contributed by atoms with E-state index in [1.165, 1.54) is 14.2 Å². The zero-order chi connectivity index (χ0) is 17.4. The van der Waals surface area contributed by atoms with E-state index < -0.39 is 17.4 Å². The van der Waals surface area contributed by atoms with Gasteiger partial charge in [0.15, 0.2) is 5.41 Å². The van der Waals surface area contributed by atoms with Gasteiger partial charge in [0.25, 0.3) is 0 Å². The molecule has 0 bridgehead atoms.